The van der Waals surface area contributed by atoms with Gasteiger partial charge in [0.15, 0.2) is 0 Å². The van der Waals surface area contributed by atoms with Crippen molar-refractivity contribution in [2.24, 2.45) is 0 Å². The topological polar surface area (TPSA) is 85.1 Å². The molecule has 4 aromatic rings. The first-order chi connectivity index (χ1) is 21.6. The summed E-state index contributed by atoms with van der Waals surface area (Å²) in [5, 5.41) is 12.0. The quantitative estimate of drug-likeness (QED) is 0.215. The summed E-state index contributed by atoms with van der Waals surface area (Å²) in [4.78, 5) is 23.0. The molecule has 0 bridgehead atoms. The molecule has 6 rings (SSSR count). The Labute approximate surface area is 276 Å². The monoisotopic (exact) mass is 678 g/mol. The number of rotatable bonds is 6. The minimum atomic E-state index is -0.508. The number of halogens is 5. The van der Waals surface area contributed by atoms with Crippen LogP contribution in [0.1, 0.15) is 45.0 Å². The zero-order valence-corrected chi connectivity index (χ0v) is 27.4. The number of nitrogens with one attached hydrogen (secondary N) is 1. The van der Waals surface area contributed by atoms with Crippen LogP contribution in [0.4, 0.5) is 8.78 Å². The summed E-state index contributed by atoms with van der Waals surface area (Å²) in [5.41, 5.74) is 9.06. The molecule has 4 heterocycles. The molecule has 2 aromatic heterocycles. The summed E-state index contributed by atoms with van der Waals surface area (Å²) in [6, 6.07) is 13.0. The summed E-state index contributed by atoms with van der Waals surface area (Å²) in [6.07, 6.45) is 1.85. The number of aromatic nitrogens is 4. The van der Waals surface area contributed by atoms with Crippen molar-refractivity contribution >= 4 is 46.0 Å². The fourth-order valence-electron chi connectivity index (χ4n) is 5.37. The van der Waals surface area contributed by atoms with Crippen molar-refractivity contribution < 1.29 is 18.4 Å². The maximum Gasteiger partial charge on any atom is 0.237 e. The second-order valence-electron chi connectivity index (χ2n) is 10.7. The molecular weight excluding hydrogens is 645 g/mol. The van der Waals surface area contributed by atoms with Crippen molar-refractivity contribution in [2.75, 3.05) is 24.8 Å². The lowest BCUT2D eigenvalue weighted by molar-refractivity contribution is -0.129. The second kappa shape index (κ2) is 16.3. The molecule has 0 saturated heterocycles. The zero-order chi connectivity index (χ0) is 32.5. The molecular formula is C32H35Cl3F2N6O2. The number of aryl methyl sites for hydroxylation is 2. The van der Waals surface area contributed by atoms with E-state index in [1.807, 2.05) is 28.4 Å². The average Bonchev–Trinajstić information content (AvgIpc) is 3.54. The normalized spacial score (nSPS) is 13.5. The van der Waals surface area contributed by atoms with E-state index in [-0.39, 0.29) is 29.3 Å². The van der Waals surface area contributed by atoms with Crippen LogP contribution < -0.4 is 5.32 Å². The molecule has 1 N–H and O–H groups in total. The third kappa shape index (κ3) is 9.36. The smallest absolute Gasteiger partial charge is 0.237 e. The van der Waals surface area contributed by atoms with Crippen molar-refractivity contribution in [3.8, 4) is 0 Å². The summed E-state index contributed by atoms with van der Waals surface area (Å²) in [5.74, 6) is -0.595. The van der Waals surface area contributed by atoms with Gasteiger partial charge in [0.05, 0.1) is 48.3 Å². The number of carbonyl (C=O) groups excluding carboxylic acids is 2. The number of benzene rings is 2. The summed E-state index contributed by atoms with van der Waals surface area (Å²) in [7, 11) is 0. The van der Waals surface area contributed by atoms with E-state index in [2.05, 4.69) is 22.4 Å². The molecule has 2 aliphatic rings. The summed E-state index contributed by atoms with van der Waals surface area (Å²) in [6.45, 7) is 8.43. The van der Waals surface area contributed by atoms with Gasteiger partial charge in [-0.2, -0.15) is 10.2 Å². The van der Waals surface area contributed by atoms with Crippen LogP contribution in [-0.4, -0.2) is 60.5 Å². The van der Waals surface area contributed by atoms with E-state index in [1.165, 1.54) is 41.1 Å². The molecule has 8 nitrogen and oxygen atoms in total. The average molecular weight is 680 g/mol. The maximum absolute atomic E-state index is 13.0. The van der Waals surface area contributed by atoms with Gasteiger partial charge in [0.2, 0.25) is 11.1 Å². The molecule has 0 unspecified atom stereocenters. The van der Waals surface area contributed by atoms with Gasteiger partial charge in [-0.15, -0.1) is 23.2 Å². The molecule has 0 saturated carbocycles. The number of hydrogen-bond acceptors (Lipinski definition) is 5. The van der Waals surface area contributed by atoms with Gasteiger partial charge < -0.3 is 10.2 Å². The molecule has 2 aliphatic heterocycles. The first-order valence-corrected chi connectivity index (χ1v) is 15.9. The van der Waals surface area contributed by atoms with E-state index in [0.717, 1.165) is 54.1 Å². The highest BCUT2D eigenvalue weighted by atomic mass is 35.5. The largest absolute Gasteiger partial charge is 0.335 e. The minimum Gasteiger partial charge on any atom is -0.335 e. The van der Waals surface area contributed by atoms with Gasteiger partial charge in [0.25, 0.3) is 0 Å². The van der Waals surface area contributed by atoms with Crippen molar-refractivity contribution in [1.82, 2.24) is 29.8 Å². The fourth-order valence-corrected chi connectivity index (χ4v) is 5.54. The molecule has 1 amide bonds. The van der Waals surface area contributed by atoms with Gasteiger partial charge in [-0.25, -0.2) is 8.78 Å². The Morgan fingerprint density at radius 3 is 1.78 bits per heavy atom. The van der Waals surface area contributed by atoms with Crippen LogP contribution in [0.15, 0.2) is 48.5 Å². The molecule has 0 fully saturated rings. The highest BCUT2D eigenvalue weighted by Gasteiger charge is 2.25. The minimum absolute atomic E-state index is 0.000411. The molecule has 13 heteroatoms. The Morgan fingerprint density at radius 1 is 0.800 bits per heavy atom. The molecule has 240 valence electrons. The second-order valence-corrected chi connectivity index (χ2v) is 11.7. The number of hydrogen-bond donors (Lipinski definition) is 1. The van der Waals surface area contributed by atoms with Crippen LogP contribution >= 0.6 is 34.8 Å². The predicted octanol–water partition coefficient (Wildman–Crippen LogP) is 5.52. The third-order valence-corrected chi connectivity index (χ3v) is 8.36. The summed E-state index contributed by atoms with van der Waals surface area (Å²) < 4.78 is 29.8. The Morgan fingerprint density at radius 2 is 1.29 bits per heavy atom. The lowest BCUT2D eigenvalue weighted by Crippen LogP contribution is -2.37. The van der Waals surface area contributed by atoms with Crippen molar-refractivity contribution in [3.05, 3.63) is 105 Å². The summed E-state index contributed by atoms with van der Waals surface area (Å²) >= 11 is 15.2. The Hall–Kier alpha value is -3.31. The number of carbonyl (C=O) groups is 2. The number of amides is 1. The van der Waals surface area contributed by atoms with Crippen LogP contribution in [-0.2, 0) is 48.6 Å². The molecule has 45 heavy (non-hydrogen) atoms. The Kier molecular flexibility index (Phi) is 12.5. The molecule has 2 aromatic carbocycles. The van der Waals surface area contributed by atoms with Gasteiger partial charge in [0, 0.05) is 13.1 Å². The Bertz CT molecular complexity index is 1610. The highest BCUT2D eigenvalue weighted by Crippen LogP contribution is 2.23. The highest BCUT2D eigenvalue weighted by molar-refractivity contribution is 6.67. The van der Waals surface area contributed by atoms with Gasteiger partial charge >= 0.3 is 0 Å². The first-order valence-electron chi connectivity index (χ1n) is 14.5. The molecule has 0 aliphatic carbocycles. The van der Waals surface area contributed by atoms with E-state index in [1.54, 1.807) is 17.0 Å². The van der Waals surface area contributed by atoms with Gasteiger partial charge in [-0.05, 0) is 91.4 Å². The number of fused-ring (bicyclic) bond motifs is 2. The molecule has 0 spiro atoms. The van der Waals surface area contributed by atoms with E-state index >= 15 is 0 Å². The molecule has 0 atom stereocenters. The lowest BCUT2D eigenvalue weighted by Gasteiger charge is -2.27. The number of nitrogens with zero attached hydrogens (tertiary/aromatic N) is 5. The van der Waals surface area contributed by atoms with Crippen LogP contribution in [0.5, 0.6) is 0 Å². The fraction of sp³-hybridized carbons (Fsp3) is 0.375. The van der Waals surface area contributed by atoms with Gasteiger partial charge in [-0.3, -0.25) is 19.0 Å². The van der Waals surface area contributed by atoms with Crippen LogP contribution in [0.25, 0.3) is 0 Å². The Balaban J connectivity index is 0.000000181. The SMILES string of the molecule is Cc1nn(Cc2ccc(F)cc2)c2c1CCN(C(=O)CCl)C2.Cc1nn(Cc2ccc(F)cc2)c2c1CCNC2.O=C(Cl)CCl. The third-order valence-electron chi connectivity index (χ3n) is 7.61. The van der Waals surface area contributed by atoms with E-state index < -0.39 is 5.24 Å². The van der Waals surface area contributed by atoms with E-state index in [0.29, 0.717) is 26.2 Å². The van der Waals surface area contributed by atoms with Crippen molar-refractivity contribution in [2.45, 2.75) is 52.9 Å². The van der Waals surface area contributed by atoms with Crippen LogP contribution in [0, 0.1) is 25.5 Å². The van der Waals surface area contributed by atoms with Crippen LogP contribution in [0.3, 0.4) is 0 Å². The van der Waals surface area contributed by atoms with E-state index in [4.69, 9.17) is 34.8 Å². The van der Waals surface area contributed by atoms with Gasteiger partial charge in [0.1, 0.15) is 17.5 Å². The van der Waals surface area contributed by atoms with E-state index in [9.17, 15) is 18.4 Å². The lowest BCUT2D eigenvalue weighted by atomic mass is 10.0. The van der Waals surface area contributed by atoms with Crippen molar-refractivity contribution in [1.29, 1.82) is 0 Å². The van der Waals surface area contributed by atoms with Crippen LogP contribution in [0.2, 0.25) is 0 Å². The standard InChI is InChI=1S/C16H17ClFN3O.C14H16FN3.C2H2Cl2O/c1-11-14-6-7-20(16(22)8-17)10-15(14)21(19-11)9-12-2-4-13(18)5-3-12;1-10-13-6-7-16-8-14(13)18(17-10)9-11-2-4-12(15)5-3-11;3-1-2(4)5/h2-5H,6-10H2,1H3;2-5,16H,6-9H2,1H3;1H2. The predicted molar refractivity (Wildman–Crippen MR) is 172 cm³/mol. The zero-order valence-electron chi connectivity index (χ0n) is 25.1. The molecule has 0 radical (unpaired) electrons. The first kappa shape index (κ1) is 34.6. The number of alkyl halides is 2. The maximum atomic E-state index is 13.0. The van der Waals surface area contributed by atoms with Gasteiger partial charge in [-0.1, -0.05) is 24.3 Å². The van der Waals surface area contributed by atoms with Crippen molar-refractivity contribution in [3.63, 3.8) is 0 Å².